The predicted octanol–water partition coefficient (Wildman–Crippen LogP) is 2.07. The number of anilines is 1. The lowest BCUT2D eigenvalue weighted by Gasteiger charge is -2.34. The molecule has 88 valence electrons. The van der Waals surface area contributed by atoms with Gasteiger partial charge in [-0.05, 0) is 25.5 Å². The Hall–Kier alpha value is -1.16. The number of piperazine rings is 1. The van der Waals surface area contributed by atoms with E-state index in [0.717, 1.165) is 6.54 Å². The van der Waals surface area contributed by atoms with E-state index in [9.17, 15) is 8.78 Å². The van der Waals surface area contributed by atoms with Gasteiger partial charge in [0.25, 0.3) is 0 Å². The molecule has 1 aliphatic rings. The first-order valence-electron chi connectivity index (χ1n) is 5.52. The molecule has 0 saturated carbocycles. The minimum Gasteiger partial charge on any atom is -0.364 e. The molecule has 16 heavy (non-hydrogen) atoms. The molecule has 1 atom stereocenters. The van der Waals surface area contributed by atoms with Crippen LogP contribution in [0.2, 0.25) is 0 Å². The van der Waals surface area contributed by atoms with Gasteiger partial charge in [-0.25, -0.2) is 8.78 Å². The molecule has 2 nitrogen and oxygen atoms in total. The van der Waals surface area contributed by atoms with Crippen molar-refractivity contribution in [3.05, 3.63) is 29.3 Å². The second-order valence-corrected chi connectivity index (χ2v) is 4.33. The molecule has 1 aliphatic heterocycles. The number of benzene rings is 1. The molecule has 0 amide bonds. The van der Waals surface area contributed by atoms with E-state index in [1.807, 2.05) is 6.92 Å². The van der Waals surface area contributed by atoms with Crippen molar-refractivity contribution in [1.29, 1.82) is 0 Å². The fraction of sp³-hybridized carbons (Fsp3) is 0.500. The van der Waals surface area contributed by atoms with Crippen molar-refractivity contribution in [2.75, 3.05) is 24.5 Å². The van der Waals surface area contributed by atoms with E-state index < -0.39 is 11.6 Å². The van der Waals surface area contributed by atoms with Gasteiger partial charge in [-0.15, -0.1) is 0 Å². The summed E-state index contributed by atoms with van der Waals surface area (Å²) >= 11 is 0. The zero-order valence-corrected chi connectivity index (χ0v) is 9.56. The van der Waals surface area contributed by atoms with Gasteiger partial charge in [0.05, 0.1) is 0 Å². The van der Waals surface area contributed by atoms with E-state index in [1.165, 1.54) is 12.1 Å². The smallest absolute Gasteiger partial charge is 0.152 e. The van der Waals surface area contributed by atoms with Gasteiger partial charge >= 0.3 is 0 Å². The molecule has 0 aliphatic carbocycles. The fourth-order valence-corrected chi connectivity index (χ4v) is 2.07. The molecular formula is C12H16F2N2. The second kappa shape index (κ2) is 4.37. The van der Waals surface area contributed by atoms with Crippen LogP contribution >= 0.6 is 0 Å². The Bertz CT molecular complexity index is 393. The molecule has 4 heteroatoms. The normalized spacial score (nSPS) is 21.2. The standard InChI is InChI=1S/C12H16F2N2/c1-8-3-4-10(13)12(11(8)14)16-6-5-15-9(2)7-16/h3-4,9,15H,5-7H2,1-2H3. The lowest BCUT2D eigenvalue weighted by molar-refractivity contribution is 0.469. The molecule has 0 spiro atoms. The topological polar surface area (TPSA) is 15.3 Å². The number of aryl methyl sites for hydroxylation is 1. The third kappa shape index (κ3) is 2.02. The summed E-state index contributed by atoms with van der Waals surface area (Å²) in [5, 5.41) is 3.25. The van der Waals surface area contributed by atoms with Crippen LogP contribution in [0.25, 0.3) is 0 Å². The largest absolute Gasteiger partial charge is 0.364 e. The highest BCUT2D eigenvalue weighted by Crippen LogP contribution is 2.26. The maximum absolute atomic E-state index is 13.9. The molecule has 0 bridgehead atoms. The van der Waals surface area contributed by atoms with E-state index in [2.05, 4.69) is 5.32 Å². The van der Waals surface area contributed by atoms with Crippen LogP contribution in [0.15, 0.2) is 12.1 Å². The first kappa shape index (κ1) is 11.3. The number of nitrogens with zero attached hydrogens (tertiary/aromatic N) is 1. The molecule has 1 aromatic rings. The Kier molecular flexibility index (Phi) is 3.10. The van der Waals surface area contributed by atoms with Gasteiger partial charge in [0.15, 0.2) is 5.82 Å². The van der Waals surface area contributed by atoms with Crippen LogP contribution in [0.1, 0.15) is 12.5 Å². The Balaban J connectivity index is 2.35. The highest BCUT2D eigenvalue weighted by atomic mass is 19.1. The molecule has 0 aromatic heterocycles. The summed E-state index contributed by atoms with van der Waals surface area (Å²) in [4.78, 5) is 1.78. The summed E-state index contributed by atoms with van der Waals surface area (Å²) in [5.41, 5.74) is 0.607. The van der Waals surface area contributed by atoms with Crippen LogP contribution in [0.4, 0.5) is 14.5 Å². The summed E-state index contributed by atoms with van der Waals surface area (Å²) in [6, 6.07) is 3.06. The van der Waals surface area contributed by atoms with E-state index in [1.54, 1.807) is 11.8 Å². The SMILES string of the molecule is Cc1ccc(F)c(N2CCNC(C)C2)c1F. The zero-order valence-electron chi connectivity index (χ0n) is 9.56. The highest BCUT2D eigenvalue weighted by molar-refractivity contribution is 5.52. The molecule has 2 rings (SSSR count). The molecule has 1 saturated heterocycles. The van der Waals surface area contributed by atoms with Crippen LogP contribution < -0.4 is 10.2 Å². The van der Waals surface area contributed by atoms with Crippen molar-refractivity contribution in [2.24, 2.45) is 0 Å². The lowest BCUT2D eigenvalue weighted by atomic mass is 10.1. The van der Waals surface area contributed by atoms with Crippen molar-refractivity contribution in [3.8, 4) is 0 Å². The average Bonchev–Trinajstić information content (AvgIpc) is 2.24. The van der Waals surface area contributed by atoms with Crippen molar-refractivity contribution in [3.63, 3.8) is 0 Å². The Morgan fingerprint density at radius 2 is 2.12 bits per heavy atom. The molecule has 1 heterocycles. The Labute approximate surface area is 94.3 Å². The quantitative estimate of drug-likeness (QED) is 0.788. The number of halogens is 2. The maximum Gasteiger partial charge on any atom is 0.152 e. The van der Waals surface area contributed by atoms with E-state index in [0.29, 0.717) is 18.7 Å². The summed E-state index contributed by atoms with van der Waals surface area (Å²) in [7, 11) is 0. The van der Waals surface area contributed by atoms with Crippen molar-refractivity contribution >= 4 is 5.69 Å². The molecule has 1 unspecified atom stereocenters. The molecule has 1 N–H and O–H groups in total. The van der Waals surface area contributed by atoms with Crippen LogP contribution in [-0.4, -0.2) is 25.7 Å². The van der Waals surface area contributed by atoms with Gasteiger partial charge in [0.2, 0.25) is 0 Å². The maximum atomic E-state index is 13.9. The number of hydrogen-bond acceptors (Lipinski definition) is 2. The fourth-order valence-electron chi connectivity index (χ4n) is 2.07. The number of hydrogen-bond donors (Lipinski definition) is 1. The van der Waals surface area contributed by atoms with Gasteiger partial charge in [-0.2, -0.15) is 0 Å². The molecule has 1 aromatic carbocycles. The zero-order chi connectivity index (χ0) is 11.7. The van der Waals surface area contributed by atoms with Crippen molar-refractivity contribution in [2.45, 2.75) is 19.9 Å². The summed E-state index contributed by atoms with van der Waals surface area (Å²) in [5.74, 6) is -0.911. The predicted molar refractivity (Wildman–Crippen MR) is 60.8 cm³/mol. The summed E-state index contributed by atoms with van der Waals surface area (Å²) in [6.45, 7) is 5.70. The van der Waals surface area contributed by atoms with Gasteiger partial charge < -0.3 is 10.2 Å². The number of nitrogens with one attached hydrogen (secondary N) is 1. The van der Waals surface area contributed by atoms with Gasteiger partial charge in [-0.3, -0.25) is 0 Å². The Morgan fingerprint density at radius 3 is 2.81 bits per heavy atom. The van der Waals surface area contributed by atoms with E-state index in [-0.39, 0.29) is 11.7 Å². The Morgan fingerprint density at radius 1 is 1.38 bits per heavy atom. The summed E-state index contributed by atoms with van der Waals surface area (Å²) in [6.07, 6.45) is 0. The molecular weight excluding hydrogens is 210 g/mol. The van der Waals surface area contributed by atoms with E-state index in [4.69, 9.17) is 0 Å². The van der Waals surface area contributed by atoms with Gasteiger partial charge in [0.1, 0.15) is 11.5 Å². The van der Waals surface area contributed by atoms with Crippen molar-refractivity contribution in [1.82, 2.24) is 5.32 Å². The third-order valence-electron chi connectivity index (χ3n) is 2.94. The average molecular weight is 226 g/mol. The van der Waals surface area contributed by atoms with Crippen molar-refractivity contribution < 1.29 is 8.78 Å². The number of rotatable bonds is 1. The van der Waals surface area contributed by atoms with Gasteiger partial charge in [0, 0.05) is 25.7 Å². The molecule has 1 fully saturated rings. The molecule has 0 radical (unpaired) electrons. The first-order valence-corrected chi connectivity index (χ1v) is 5.52. The van der Waals surface area contributed by atoms with Crippen LogP contribution in [0.3, 0.4) is 0 Å². The van der Waals surface area contributed by atoms with Gasteiger partial charge in [-0.1, -0.05) is 6.07 Å². The lowest BCUT2D eigenvalue weighted by Crippen LogP contribution is -2.49. The first-order chi connectivity index (χ1) is 7.59. The van der Waals surface area contributed by atoms with Crippen LogP contribution in [0.5, 0.6) is 0 Å². The third-order valence-corrected chi connectivity index (χ3v) is 2.94. The van der Waals surface area contributed by atoms with Crippen LogP contribution in [0, 0.1) is 18.6 Å². The minimum absolute atomic E-state index is 0.119. The van der Waals surface area contributed by atoms with Crippen LogP contribution in [-0.2, 0) is 0 Å². The monoisotopic (exact) mass is 226 g/mol. The second-order valence-electron chi connectivity index (χ2n) is 4.33. The van der Waals surface area contributed by atoms with E-state index >= 15 is 0 Å². The minimum atomic E-state index is -0.475. The summed E-state index contributed by atoms with van der Waals surface area (Å²) < 4.78 is 27.5. The highest BCUT2D eigenvalue weighted by Gasteiger charge is 2.22.